The number of nitrogens with zero attached hydrogens (tertiary/aromatic N) is 1. The number of aromatic nitrogens is 1. The van der Waals surface area contributed by atoms with Gasteiger partial charge in [0.25, 0.3) is 5.91 Å². The van der Waals surface area contributed by atoms with Crippen LogP contribution in [0.15, 0.2) is 47.0 Å². The summed E-state index contributed by atoms with van der Waals surface area (Å²) in [6, 6.07) is 13.5. The molecule has 3 aromatic rings. The van der Waals surface area contributed by atoms with Gasteiger partial charge >= 0.3 is 0 Å². The second-order valence-electron chi connectivity index (χ2n) is 6.37. The summed E-state index contributed by atoms with van der Waals surface area (Å²) in [7, 11) is 0. The number of hydrogen-bond donors (Lipinski definition) is 1. The van der Waals surface area contributed by atoms with Crippen LogP contribution < -0.4 is 10.1 Å². The van der Waals surface area contributed by atoms with E-state index in [9.17, 15) is 4.79 Å². The van der Waals surface area contributed by atoms with Crippen LogP contribution in [-0.2, 0) is 6.61 Å². The second-order valence-corrected chi connectivity index (χ2v) is 6.37. The molecule has 0 spiro atoms. The van der Waals surface area contributed by atoms with Crippen molar-refractivity contribution >= 4 is 11.6 Å². The highest BCUT2D eigenvalue weighted by atomic mass is 16.5. The molecule has 2 aromatic carbocycles. The Morgan fingerprint density at radius 1 is 1.08 bits per heavy atom. The molecule has 1 amide bonds. The zero-order valence-corrected chi connectivity index (χ0v) is 15.4. The van der Waals surface area contributed by atoms with E-state index in [2.05, 4.69) is 10.5 Å². The minimum absolute atomic E-state index is 0.219. The quantitative estimate of drug-likeness (QED) is 0.722. The third kappa shape index (κ3) is 3.77. The molecule has 0 unspecified atom stereocenters. The summed E-state index contributed by atoms with van der Waals surface area (Å²) in [5.74, 6) is 1.05. The first-order valence-electron chi connectivity index (χ1n) is 8.48. The molecule has 0 aliphatic rings. The largest absolute Gasteiger partial charge is 0.488 e. The van der Waals surface area contributed by atoms with Crippen LogP contribution >= 0.6 is 0 Å². The predicted molar refractivity (Wildman–Crippen MR) is 101 cm³/mol. The first-order chi connectivity index (χ1) is 12.5. The molecule has 0 radical (unpaired) electrons. The molecule has 0 fully saturated rings. The van der Waals surface area contributed by atoms with Gasteiger partial charge in [-0.25, -0.2) is 0 Å². The highest BCUT2D eigenvalue weighted by molar-refractivity contribution is 6.03. The molecule has 3 rings (SSSR count). The summed E-state index contributed by atoms with van der Waals surface area (Å²) >= 11 is 0. The van der Waals surface area contributed by atoms with E-state index in [0.717, 1.165) is 22.4 Å². The maximum absolute atomic E-state index is 12.6. The number of rotatable bonds is 5. The summed E-state index contributed by atoms with van der Waals surface area (Å²) in [5.41, 5.74) is 4.96. The van der Waals surface area contributed by atoms with E-state index in [4.69, 9.17) is 9.26 Å². The third-order valence-electron chi connectivity index (χ3n) is 4.44. The molecule has 5 heteroatoms. The molecule has 0 atom stereocenters. The Morgan fingerprint density at radius 2 is 1.81 bits per heavy atom. The normalized spacial score (nSPS) is 10.6. The first-order valence-corrected chi connectivity index (χ1v) is 8.48. The Bertz CT molecular complexity index is 927. The van der Waals surface area contributed by atoms with E-state index >= 15 is 0 Å². The van der Waals surface area contributed by atoms with Gasteiger partial charge in [-0.2, -0.15) is 0 Å². The topological polar surface area (TPSA) is 64.4 Å². The van der Waals surface area contributed by atoms with E-state index in [-0.39, 0.29) is 18.2 Å². The van der Waals surface area contributed by atoms with Gasteiger partial charge in [0.2, 0.25) is 0 Å². The Balaban J connectivity index is 1.76. The Morgan fingerprint density at radius 3 is 2.54 bits per heavy atom. The maximum atomic E-state index is 12.6. The monoisotopic (exact) mass is 350 g/mol. The number of benzene rings is 2. The second kappa shape index (κ2) is 7.44. The van der Waals surface area contributed by atoms with Crippen molar-refractivity contribution in [1.82, 2.24) is 5.16 Å². The van der Waals surface area contributed by atoms with Crippen molar-refractivity contribution < 1.29 is 14.1 Å². The Hall–Kier alpha value is -3.08. The zero-order chi connectivity index (χ0) is 18.7. The van der Waals surface area contributed by atoms with Gasteiger partial charge in [-0.15, -0.1) is 0 Å². The average molecular weight is 350 g/mol. The van der Waals surface area contributed by atoms with Gasteiger partial charge in [0.1, 0.15) is 18.1 Å². The van der Waals surface area contributed by atoms with E-state index in [1.165, 1.54) is 0 Å². The fraction of sp³-hybridized carbons (Fsp3) is 0.238. The summed E-state index contributed by atoms with van der Waals surface area (Å²) in [4.78, 5) is 12.6. The van der Waals surface area contributed by atoms with Crippen molar-refractivity contribution in [1.29, 1.82) is 0 Å². The lowest BCUT2D eigenvalue weighted by atomic mass is 10.1. The number of nitrogens with one attached hydrogen (secondary N) is 1. The van der Waals surface area contributed by atoms with Crippen LogP contribution in [0.2, 0.25) is 0 Å². The van der Waals surface area contributed by atoms with E-state index in [1.54, 1.807) is 6.92 Å². The number of amides is 1. The molecule has 1 heterocycles. The van der Waals surface area contributed by atoms with Gasteiger partial charge in [0, 0.05) is 5.69 Å². The van der Waals surface area contributed by atoms with Crippen molar-refractivity contribution in [2.75, 3.05) is 5.32 Å². The van der Waals surface area contributed by atoms with Crippen LogP contribution in [0.5, 0.6) is 5.75 Å². The highest BCUT2D eigenvalue weighted by Gasteiger charge is 2.21. The number of carbonyl (C=O) groups excluding carboxylic acids is 1. The molecular weight excluding hydrogens is 328 g/mol. The number of carbonyl (C=O) groups is 1. The summed E-state index contributed by atoms with van der Waals surface area (Å²) in [5, 5.41) is 6.76. The van der Waals surface area contributed by atoms with Crippen LogP contribution in [0.1, 0.15) is 38.5 Å². The number of ether oxygens (including phenoxy) is 1. The van der Waals surface area contributed by atoms with Crippen LogP contribution in [-0.4, -0.2) is 11.1 Å². The molecular formula is C21H22N2O3. The SMILES string of the molecule is Cc1ccc(NC(=O)c2noc(C)c2COc2cccc(C)c2C)cc1. The minimum Gasteiger partial charge on any atom is -0.488 e. The van der Waals surface area contributed by atoms with E-state index < -0.39 is 0 Å². The van der Waals surface area contributed by atoms with Crippen molar-refractivity contribution in [3.8, 4) is 5.75 Å². The highest BCUT2D eigenvalue weighted by Crippen LogP contribution is 2.24. The molecule has 0 saturated heterocycles. The molecule has 0 aliphatic heterocycles. The van der Waals surface area contributed by atoms with Gasteiger partial charge in [0.05, 0.1) is 5.56 Å². The lowest BCUT2D eigenvalue weighted by Crippen LogP contribution is -2.15. The minimum atomic E-state index is -0.315. The van der Waals surface area contributed by atoms with Crippen LogP contribution in [0.4, 0.5) is 5.69 Å². The fourth-order valence-corrected chi connectivity index (χ4v) is 2.60. The third-order valence-corrected chi connectivity index (χ3v) is 4.44. The van der Waals surface area contributed by atoms with Crippen LogP contribution in [0, 0.1) is 27.7 Å². The van der Waals surface area contributed by atoms with Gasteiger partial charge in [0.15, 0.2) is 5.69 Å². The number of aryl methyl sites for hydroxylation is 3. The lowest BCUT2D eigenvalue weighted by Gasteiger charge is -2.11. The van der Waals surface area contributed by atoms with Gasteiger partial charge in [-0.1, -0.05) is 35.0 Å². The van der Waals surface area contributed by atoms with Gasteiger partial charge in [-0.05, 0) is 57.0 Å². The predicted octanol–water partition coefficient (Wildman–Crippen LogP) is 4.74. The van der Waals surface area contributed by atoms with Crippen molar-refractivity contribution in [3.05, 3.63) is 76.2 Å². The summed E-state index contributed by atoms with van der Waals surface area (Å²) in [6.07, 6.45) is 0. The maximum Gasteiger partial charge on any atom is 0.278 e. The first kappa shape index (κ1) is 17.7. The molecule has 5 nitrogen and oxygen atoms in total. The van der Waals surface area contributed by atoms with Crippen molar-refractivity contribution in [2.45, 2.75) is 34.3 Å². The molecule has 0 saturated carbocycles. The number of hydrogen-bond acceptors (Lipinski definition) is 4. The standard InChI is InChI=1S/C21H22N2O3/c1-13-8-10-17(11-9-13)22-21(24)20-18(16(4)26-23-20)12-25-19-7-5-6-14(2)15(19)3/h5-11H,12H2,1-4H3,(H,22,24). The lowest BCUT2D eigenvalue weighted by molar-refractivity contribution is 0.101. The number of anilines is 1. The van der Waals surface area contributed by atoms with Crippen LogP contribution in [0.25, 0.3) is 0 Å². The van der Waals surface area contributed by atoms with Gasteiger partial charge < -0.3 is 14.6 Å². The van der Waals surface area contributed by atoms with Gasteiger partial charge in [-0.3, -0.25) is 4.79 Å². The van der Waals surface area contributed by atoms with Crippen molar-refractivity contribution in [3.63, 3.8) is 0 Å². The summed E-state index contributed by atoms with van der Waals surface area (Å²) < 4.78 is 11.1. The average Bonchev–Trinajstić information content (AvgIpc) is 2.99. The summed E-state index contributed by atoms with van der Waals surface area (Å²) in [6.45, 7) is 8.03. The molecule has 134 valence electrons. The van der Waals surface area contributed by atoms with E-state index in [1.807, 2.05) is 63.2 Å². The molecule has 1 N–H and O–H groups in total. The zero-order valence-electron chi connectivity index (χ0n) is 15.4. The molecule has 26 heavy (non-hydrogen) atoms. The van der Waals surface area contributed by atoms with Crippen molar-refractivity contribution in [2.24, 2.45) is 0 Å². The van der Waals surface area contributed by atoms with E-state index in [0.29, 0.717) is 17.0 Å². The Labute approximate surface area is 153 Å². The fourth-order valence-electron chi connectivity index (χ4n) is 2.60. The van der Waals surface area contributed by atoms with Crippen LogP contribution in [0.3, 0.4) is 0 Å². The molecule has 0 aliphatic carbocycles. The smallest absolute Gasteiger partial charge is 0.278 e. The molecule has 0 bridgehead atoms. The Kier molecular flexibility index (Phi) is 5.07. The molecule has 1 aromatic heterocycles.